The Bertz CT molecular complexity index is 1230. The molecule has 0 saturated carbocycles. The van der Waals surface area contributed by atoms with Crippen LogP contribution in [0, 0.1) is 15.9 Å². The van der Waals surface area contributed by atoms with Gasteiger partial charge in [0.15, 0.2) is 0 Å². The van der Waals surface area contributed by atoms with Crippen molar-refractivity contribution in [2.24, 2.45) is 0 Å². The molecule has 0 spiro atoms. The van der Waals surface area contributed by atoms with E-state index in [1.54, 1.807) is 12.1 Å². The first kappa shape index (κ1) is 21.0. The minimum absolute atomic E-state index is 0. The van der Waals surface area contributed by atoms with Gasteiger partial charge >= 0.3 is 0 Å². The Balaban J connectivity index is 0.00000240. The van der Waals surface area contributed by atoms with E-state index in [1.807, 2.05) is 30.3 Å². The molecule has 0 bridgehead atoms. The average Bonchev–Trinajstić information content (AvgIpc) is 2.70. The molecule has 4 nitrogen and oxygen atoms in total. The normalized spacial score (nSPS) is 10.6. The predicted molar refractivity (Wildman–Crippen MR) is 116 cm³/mol. The van der Waals surface area contributed by atoms with Crippen molar-refractivity contribution < 1.29 is 9.31 Å². The molecule has 0 N–H and O–H groups in total. The van der Waals surface area contributed by atoms with E-state index in [2.05, 4.69) is 4.98 Å². The van der Waals surface area contributed by atoms with Gasteiger partial charge in [-0.1, -0.05) is 53.5 Å². The quantitative estimate of drug-likeness (QED) is 0.187. The average molecular weight is 450 g/mol. The predicted octanol–water partition coefficient (Wildman–Crippen LogP) is 7.34. The molecule has 0 aliphatic rings. The third-order valence-corrected chi connectivity index (χ3v) is 4.98. The van der Waals surface area contributed by atoms with E-state index >= 15 is 0 Å². The summed E-state index contributed by atoms with van der Waals surface area (Å²) in [6.07, 6.45) is 0. The van der Waals surface area contributed by atoms with Crippen molar-refractivity contribution in [3.63, 3.8) is 0 Å². The highest BCUT2D eigenvalue weighted by molar-refractivity contribution is 6.36. The molecule has 0 amide bonds. The minimum atomic E-state index is -0.604. The SMILES string of the molecule is Cl.O=[N+]([O-])c1ccc2nc(-c3cc(F)c(Cl)cc3Cl)cc(-c3ccccc3)c2c1. The van der Waals surface area contributed by atoms with Crippen molar-refractivity contribution in [2.45, 2.75) is 0 Å². The Morgan fingerprint density at radius 1 is 0.897 bits per heavy atom. The maximum absolute atomic E-state index is 14.0. The Labute approximate surface area is 181 Å². The zero-order valence-electron chi connectivity index (χ0n) is 14.6. The van der Waals surface area contributed by atoms with Crippen molar-refractivity contribution in [1.82, 2.24) is 4.98 Å². The highest BCUT2D eigenvalue weighted by atomic mass is 35.5. The van der Waals surface area contributed by atoms with Crippen LogP contribution < -0.4 is 0 Å². The minimum Gasteiger partial charge on any atom is -0.258 e. The van der Waals surface area contributed by atoms with Gasteiger partial charge in [-0.25, -0.2) is 9.37 Å². The molecule has 0 radical (unpaired) electrons. The summed E-state index contributed by atoms with van der Waals surface area (Å²) in [6.45, 7) is 0. The van der Waals surface area contributed by atoms with Gasteiger partial charge in [0, 0.05) is 23.1 Å². The number of nitrogens with zero attached hydrogens (tertiary/aromatic N) is 2. The standard InChI is InChI=1S/C21H11Cl2FN2O2.ClH/c22-17-11-18(23)19(24)9-16(17)21-10-14(12-4-2-1-3-5-12)15-8-13(26(27)28)6-7-20(15)25-21;/h1-11H;1H. The Hall–Kier alpha value is -2.73. The van der Waals surface area contributed by atoms with Crippen LogP contribution in [0.4, 0.5) is 10.1 Å². The first-order chi connectivity index (χ1) is 13.4. The fourth-order valence-electron chi connectivity index (χ4n) is 3.04. The summed E-state index contributed by atoms with van der Waals surface area (Å²) in [5.41, 5.74) is 2.92. The molecule has 4 aromatic rings. The second-order valence-electron chi connectivity index (χ2n) is 6.13. The lowest BCUT2D eigenvalue weighted by atomic mass is 9.98. The van der Waals surface area contributed by atoms with Gasteiger partial charge in [0.05, 0.1) is 26.2 Å². The third kappa shape index (κ3) is 4.03. The first-order valence-corrected chi connectivity index (χ1v) is 8.99. The fraction of sp³-hybridized carbons (Fsp3) is 0. The van der Waals surface area contributed by atoms with Crippen LogP contribution >= 0.6 is 35.6 Å². The zero-order valence-corrected chi connectivity index (χ0v) is 16.9. The molecular weight excluding hydrogens is 438 g/mol. The van der Waals surface area contributed by atoms with E-state index < -0.39 is 10.7 Å². The molecule has 0 saturated heterocycles. The smallest absolute Gasteiger partial charge is 0.258 e. The molecule has 0 atom stereocenters. The van der Waals surface area contributed by atoms with Gasteiger partial charge in [-0.05, 0) is 35.4 Å². The van der Waals surface area contributed by atoms with Crippen LogP contribution in [-0.2, 0) is 0 Å². The van der Waals surface area contributed by atoms with Crippen LogP contribution in [0.1, 0.15) is 0 Å². The highest BCUT2D eigenvalue weighted by Gasteiger charge is 2.16. The van der Waals surface area contributed by atoms with E-state index in [9.17, 15) is 14.5 Å². The first-order valence-electron chi connectivity index (χ1n) is 8.23. The molecule has 1 heterocycles. The number of aromatic nitrogens is 1. The lowest BCUT2D eigenvalue weighted by Gasteiger charge is -2.12. The van der Waals surface area contributed by atoms with Gasteiger partial charge in [-0.2, -0.15) is 0 Å². The largest absolute Gasteiger partial charge is 0.270 e. The van der Waals surface area contributed by atoms with E-state index in [4.69, 9.17) is 23.2 Å². The Morgan fingerprint density at radius 3 is 2.31 bits per heavy atom. The molecule has 1 aromatic heterocycles. The molecule has 8 heteroatoms. The summed E-state index contributed by atoms with van der Waals surface area (Å²) in [7, 11) is 0. The number of non-ortho nitro benzene ring substituents is 1. The summed E-state index contributed by atoms with van der Waals surface area (Å²) in [5.74, 6) is -0.604. The van der Waals surface area contributed by atoms with Crippen molar-refractivity contribution >= 4 is 52.2 Å². The lowest BCUT2D eigenvalue weighted by molar-refractivity contribution is -0.384. The van der Waals surface area contributed by atoms with Crippen LogP contribution in [0.25, 0.3) is 33.3 Å². The molecule has 0 aliphatic carbocycles. The summed E-state index contributed by atoms with van der Waals surface area (Å²) in [4.78, 5) is 15.3. The van der Waals surface area contributed by atoms with Gasteiger partial charge in [0.25, 0.3) is 5.69 Å². The van der Waals surface area contributed by atoms with Crippen LogP contribution in [0.5, 0.6) is 0 Å². The molecule has 3 aromatic carbocycles. The third-order valence-electron chi connectivity index (χ3n) is 4.37. The second-order valence-corrected chi connectivity index (χ2v) is 6.94. The molecular formula is C21H12Cl3FN2O2. The second kappa shape index (κ2) is 8.33. The summed E-state index contributed by atoms with van der Waals surface area (Å²) >= 11 is 12.1. The van der Waals surface area contributed by atoms with Gasteiger partial charge in [0.2, 0.25) is 0 Å². The molecule has 29 heavy (non-hydrogen) atoms. The number of nitro groups is 1. The molecule has 0 unspecified atom stereocenters. The summed E-state index contributed by atoms with van der Waals surface area (Å²) in [6, 6.07) is 18.2. The number of hydrogen-bond donors (Lipinski definition) is 0. The van der Waals surface area contributed by atoms with Crippen LogP contribution in [0.2, 0.25) is 10.0 Å². The summed E-state index contributed by atoms with van der Waals surface area (Å²) in [5, 5.41) is 12.0. The number of fused-ring (bicyclic) bond motifs is 1. The van der Waals surface area contributed by atoms with E-state index in [1.165, 1.54) is 24.3 Å². The van der Waals surface area contributed by atoms with E-state index in [0.717, 1.165) is 11.1 Å². The summed E-state index contributed by atoms with van der Waals surface area (Å²) < 4.78 is 14.0. The Kier molecular flexibility index (Phi) is 6.03. The number of pyridine rings is 1. The molecule has 146 valence electrons. The number of benzene rings is 3. The lowest BCUT2D eigenvalue weighted by Crippen LogP contribution is -1.94. The monoisotopic (exact) mass is 448 g/mol. The number of hydrogen-bond acceptors (Lipinski definition) is 3. The number of rotatable bonds is 3. The zero-order chi connectivity index (χ0) is 19.8. The highest BCUT2D eigenvalue weighted by Crippen LogP contribution is 2.37. The van der Waals surface area contributed by atoms with Gasteiger partial charge in [-0.15, -0.1) is 12.4 Å². The number of halogens is 4. The molecule has 0 aliphatic heterocycles. The van der Waals surface area contributed by atoms with Crippen LogP contribution in [-0.4, -0.2) is 9.91 Å². The van der Waals surface area contributed by atoms with Gasteiger partial charge in [0.1, 0.15) is 5.82 Å². The molecule has 4 rings (SSSR count). The van der Waals surface area contributed by atoms with Gasteiger partial charge < -0.3 is 0 Å². The maximum atomic E-state index is 14.0. The van der Waals surface area contributed by atoms with Crippen molar-refractivity contribution in [3.05, 3.63) is 92.7 Å². The maximum Gasteiger partial charge on any atom is 0.270 e. The Morgan fingerprint density at radius 2 is 1.62 bits per heavy atom. The van der Waals surface area contributed by atoms with E-state index in [0.29, 0.717) is 22.2 Å². The molecule has 0 fully saturated rings. The van der Waals surface area contributed by atoms with Crippen molar-refractivity contribution in [3.8, 4) is 22.4 Å². The number of nitro benzene ring substituents is 1. The van der Waals surface area contributed by atoms with Crippen LogP contribution in [0.3, 0.4) is 0 Å². The van der Waals surface area contributed by atoms with Crippen LogP contribution in [0.15, 0.2) is 66.7 Å². The topological polar surface area (TPSA) is 56.0 Å². The van der Waals surface area contributed by atoms with Crippen molar-refractivity contribution in [1.29, 1.82) is 0 Å². The van der Waals surface area contributed by atoms with Gasteiger partial charge in [-0.3, -0.25) is 10.1 Å². The van der Waals surface area contributed by atoms with Crippen molar-refractivity contribution in [2.75, 3.05) is 0 Å². The fourth-order valence-corrected chi connectivity index (χ4v) is 3.52. The van der Waals surface area contributed by atoms with E-state index in [-0.39, 0.29) is 28.1 Å².